The van der Waals surface area contributed by atoms with Gasteiger partial charge in [0.05, 0.1) is 6.04 Å². The van der Waals surface area contributed by atoms with Crippen LogP contribution in [-0.2, 0) is 6.42 Å². The molecule has 19 heavy (non-hydrogen) atoms. The van der Waals surface area contributed by atoms with E-state index in [1.165, 1.54) is 30.4 Å². The molecule has 2 amide bonds. The molecule has 2 N–H and O–H groups in total. The van der Waals surface area contributed by atoms with Crippen LogP contribution in [0.15, 0.2) is 24.3 Å². The van der Waals surface area contributed by atoms with Crippen molar-refractivity contribution in [2.75, 3.05) is 6.54 Å². The van der Waals surface area contributed by atoms with Crippen molar-refractivity contribution < 1.29 is 4.79 Å². The zero-order chi connectivity index (χ0) is 13.5. The zero-order valence-electron chi connectivity index (χ0n) is 11.7. The van der Waals surface area contributed by atoms with Gasteiger partial charge in [-0.3, -0.25) is 0 Å². The molecule has 1 atom stereocenters. The van der Waals surface area contributed by atoms with Crippen molar-refractivity contribution in [3.05, 3.63) is 35.4 Å². The number of hydrogen-bond donors (Lipinski definition) is 2. The number of nitrogens with one attached hydrogen (secondary N) is 2. The van der Waals surface area contributed by atoms with Crippen molar-refractivity contribution >= 4 is 6.03 Å². The number of carbonyl (C=O) groups is 1. The number of benzene rings is 1. The van der Waals surface area contributed by atoms with Crippen LogP contribution in [0, 0.1) is 0 Å². The summed E-state index contributed by atoms with van der Waals surface area (Å²) >= 11 is 0. The summed E-state index contributed by atoms with van der Waals surface area (Å²) in [5.41, 5.74) is 2.65. The van der Waals surface area contributed by atoms with Crippen LogP contribution >= 0.6 is 0 Å². The SMILES string of the molecule is CCCCCCNC(=O)NC1CCc2ccccc21. The molecule has 1 aliphatic rings. The third kappa shape index (κ3) is 3.98. The molecule has 0 radical (unpaired) electrons. The molecule has 1 unspecified atom stereocenters. The van der Waals surface area contributed by atoms with Gasteiger partial charge >= 0.3 is 6.03 Å². The van der Waals surface area contributed by atoms with Crippen LogP contribution in [0.25, 0.3) is 0 Å². The highest BCUT2D eigenvalue weighted by Gasteiger charge is 2.22. The summed E-state index contributed by atoms with van der Waals surface area (Å²) in [7, 11) is 0. The first-order chi connectivity index (χ1) is 9.31. The lowest BCUT2D eigenvalue weighted by atomic mass is 10.1. The quantitative estimate of drug-likeness (QED) is 0.754. The van der Waals surface area contributed by atoms with Gasteiger partial charge < -0.3 is 10.6 Å². The van der Waals surface area contributed by atoms with Crippen molar-refractivity contribution in [3.63, 3.8) is 0 Å². The molecule has 0 saturated heterocycles. The van der Waals surface area contributed by atoms with Gasteiger partial charge in [-0.15, -0.1) is 0 Å². The molecule has 0 aliphatic heterocycles. The fraction of sp³-hybridized carbons (Fsp3) is 0.562. The molecule has 1 aromatic carbocycles. The van der Waals surface area contributed by atoms with Gasteiger partial charge in [0.25, 0.3) is 0 Å². The van der Waals surface area contributed by atoms with E-state index in [0.29, 0.717) is 0 Å². The predicted molar refractivity (Wildman–Crippen MR) is 78.2 cm³/mol. The molecule has 3 nitrogen and oxygen atoms in total. The molecule has 0 saturated carbocycles. The van der Waals surface area contributed by atoms with Gasteiger partial charge in [0, 0.05) is 6.54 Å². The van der Waals surface area contributed by atoms with Gasteiger partial charge in [0.15, 0.2) is 0 Å². The fourth-order valence-electron chi connectivity index (χ4n) is 2.67. The van der Waals surface area contributed by atoms with E-state index in [9.17, 15) is 4.79 Å². The van der Waals surface area contributed by atoms with E-state index >= 15 is 0 Å². The van der Waals surface area contributed by atoms with Gasteiger partial charge in [-0.25, -0.2) is 4.79 Å². The Morgan fingerprint density at radius 3 is 2.95 bits per heavy atom. The Hall–Kier alpha value is -1.51. The fourth-order valence-corrected chi connectivity index (χ4v) is 2.67. The zero-order valence-corrected chi connectivity index (χ0v) is 11.7. The van der Waals surface area contributed by atoms with Crippen LogP contribution in [0.2, 0.25) is 0 Å². The Kier molecular flexibility index (Phi) is 5.25. The van der Waals surface area contributed by atoms with E-state index in [1.807, 2.05) is 6.07 Å². The van der Waals surface area contributed by atoms with E-state index in [1.54, 1.807) is 0 Å². The Morgan fingerprint density at radius 2 is 2.11 bits per heavy atom. The molecular formula is C16H24N2O. The molecule has 0 aromatic heterocycles. The van der Waals surface area contributed by atoms with E-state index in [0.717, 1.165) is 25.8 Å². The van der Waals surface area contributed by atoms with Crippen LogP contribution in [-0.4, -0.2) is 12.6 Å². The maximum absolute atomic E-state index is 11.8. The topological polar surface area (TPSA) is 41.1 Å². The Bertz CT molecular complexity index is 417. The summed E-state index contributed by atoms with van der Waals surface area (Å²) in [6.07, 6.45) is 6.83. The summed E-state index contributed by atoms with van der Waals surface area (Å²) in [6.45, 7) is 2.97. The standard InChI is InChI=1S/C16H24N2O/c1-2-3-4-7-12-17-16(19)18-15-11-10-13-8-5-6-9-14(13)15/h5-6,8-9,15H,2-4,7,10-12H2,1H3,(H2,17,18,19). The highest BCUT2D eigenvalue weighted by atomic mass is 16.2. The summed E-state index contributed by atoms with van der Waals surface area (Å²) in [6, 6.07) is 8.54. The number of amides is 2. The number of urea groups is 1. The molecule has 0 fully saturated rings. The van der Waals surface area contributed by atoms with Gasteiger partial charge in [0.2, 0.25) is 0 Å². The normalized spacial score (nSPS) is 17.0. The van der Waals surface area contributed by atoms with Gasteiger partial charge in [-0.05, 0) is 30.4 Å². The average Bonchev–Trinajstić information content (AvgIpc) is 2.82. The minimum atomic E-state index is -0.0294. The number of fused-ring (bicyclic) bond motifs is 1. The van der Waals surface area contributed by atoms with E-state index < -0.39 is 0 Å². The molecule has 0 heterocycles. The molecule has 1 aliphatic carbocycles. The lowest BCUT2D eigenvalue weighted by molar-refractivity contribution is 0.237. The molecule has 2 rings (SSSR count). The number of carbonyl (C=O) groups excluding carboxylic acids is 1. The van der Waals surface area contributed by atoms with Crippen LogP contribution < -0.4 is 10.6 Å². The predicted octanol–water partition coefficient (Wildman–Crippen LogP) is 3.55. The monoisotopic (exact) mass is 260 g/mol. The Labute approximate surface area is 115 Å². The number of hydrogen-bond acceptors (Lipinski definition) is 1. The van der Waals surface area contributed by atoms with Gasteiger partial charge in [-0.1, -0.05) is 50.5 Å². The largest absolute Gasteiger partial charge is 0.338 e. The molecule has 3 heteroatoms. The van der Waals surface area contributed by atoms with Crippen molar-refractivity contribution in [2.24, 2.45) is 0 Å². The summed E-state index contributed by atoms with van der Waals surface area (Å²) in [4.78, 5) is 11.8. The van der Waals surface area contributed by atoms with Gasteiger partial charge in [-0.2, -0.15) is 0 Å². The van der Waals surface area contributed by atoms with Crippen LogP contribution in [0.4, 0.5) is 4.79 Å². The molecule has 1 aromatic rings. The lowest BCUT2D eigenvalue weighted by Gasteiger charge is -2.14. The first-order valence-corrected chi connectivity index (χ1v) is 7.43. The smallest absolute Gasteiger partial charge is 0.315 e. The average molecular weight is 260 g/mol. The maximum atomic E-state index is 11.8. The van der Waals surface area contributed by atoms with E-state index in [-0.39, 0.29) is 12.1 Å². The second kappa shape index (κ2) is 7.17. The molecule has 104 valence electrons. The minimum absolute atomic E-state index is 0.0294. The minimum Gasteiger partial charge on any atom is -0.338 e. The third-order valence-corrected chi connectivity index (χ3v) is 3.75. The van der Waals surface area contributed by atoms with Crippen molar-refractivity contribution in [1.29, 1.82) is 0 Å². The lowest BCUT2D eigenvalue weighted by Crippen LogP contribution is -2.37. The first kappa shape index (κ1) is 13.9. The van der Waals surface area contributed by atoms with Crippen LogP contribution in [0.1, 0.15) is 56.2 Å². The second-order valence-corrected chi connectivity index (χ2v) is 5.25. The molecule has 0 bridgehead atoms. The second-order valence-electron chi connectivity index (χ2n) is 5.25. The van der Waals surface area contributed by atoms with Crippen molar-refractivity contribution in [2.45, 2.75) is 51.5 Å². The molecule has 0 spiro atoms. The summed E-state index contributed by atoms with van der Waals surface area (Å²) in [5.74, 6) is 0. The van der Waals surface area contributed by atoms with Crippen molar-refractivity contribution in [1.82, 2.24) is 10.6 Å². The highest BCUT2D eigenvalue weighted by Crippen LogP contribution is 2.30. The van der Waals surface area contributed by atoms with E-state index in [4.69, 9.17) is 0 Å². The Morgan fingerprint density at radius 1 is 1.26 bits per heavy atom. The van der Waals surface area contributed by atoms with Crippen LogP contribution in [0.5, 0.6) is 0 Å². The van der Waals surface area contributed by atoms with E-state index in [2.05, 4.69) is 35.8 Å². The molecular weight excluding hydrogens is 236 g/mol. The van der Waals surface area contributed by atoms with Crippen LogP contribution in [0.3, 0.4) is 0 Å². The number of unbranched alkanes of at least 4 members (excludes halogenated alkanes) is 3. The Balaban J connectivity index is 1.72. The summed E-state index contributed by atoms with van der Waals surface area (Å²) < 4.78 is 0. The van der Waals surface area contributed by atoms with Crippen molar-refractivity contribution in [3.8, 4) is 0 Å². The first-order valence-electron chi connectivity index (χ1n) is 7.43. The number of aryl methyl sites for hydroxylation is 1. The van der Waals surface area contributed by atoms with Gasteiger partial charge in [0.1, 0.15) is 0 Å². The third-order valence-electron chi connectivity index (χ3n) is 3.75. The number of rotatable bonds is 6. The summed E-state index contributed by atoms with van der Waals surface area (Å²) in [5, 5.41) is 6.03. The maximum Gasteiger partial charge on any atom is 0.315 e. The highest BCUT2D eigenvalue weighted by molar-refractivity contribution is 5.74.